The van der Waals surface area contributed by atoms with Gasteiger partial charge in [0, 0.05) is 6.20 Å². The molecule has 11 heteroatoms. The van der Waals surface area contributed by atoms with Crippen LogP contribution in [0, 0.1) is 0 Å². The molecule has 102 valence electrons. The van der Waals surface area contributed by atoms with E-state index in [2.05, 4.69) is 9.47 Å². The molecular formula is C7H7F3N2O5S. The predicted molar refractivity (Wildman–Crippen MR) is 51.7 cm³/mol. The lowest BCUT2D eigenvalue weighted by molar-refractivity contribution is -0.276. The van der Waals surface area contributed by atoms with Gasteiger partial charge in [0.2, 0.25) is 15.8 Å². The molecule has 0 aliphatic heterocycles. The fraction of sp³-hybridized carbons (Fsp3) is 0.286. The summed E-state index contributed by atoms with van der Waals surface area (Å²) in [7, 11) is -3.66. The monoisotopic (exact) mass is 288 g/mol. The zero-order valence-electron chi connectivity index (χ0n) is 8.74. The number of rotatable bonds is 3. The van der Waals surface area contributed by atoms with E-state index in [1.165, 1.54) is 0 Å². The zero-order chi connectivity index (χ0) is 14.1. The highest BCUT2D eigenvalue weighted by Gasteiger charge is 2.36. The minimum absolute atomic E-state index is 0.573. The molecule has 1 rings (SSSR count). The molecule has 0 spiro atoms. The molecule has 0 unspecified atom stereocenters. The average Bonchev–Trinajstić information content (AvgIpc) is 2.17. The van der Waals surface area contributed by atoms with Crippen LogP contribution in [0.1, 0.15) is 0 Å². The Labute approximate surface area is 98.4 Å². The molecule has 0 saturated heterocycles. The first-order valence-corrected chi connectivity index (χ1v) is 5.69. The molecule has 0 amide bonds. The standard InChI is InChI=1S/C7H7F3N2O5S/c1-16-3-2-12-6(13)4(17-7(8,9)10)5(3)18(11,14)15/h2H,1H3,(H,12,13)(H2,11,14,15). The topological polar surface area (TPSA) is 111 Å². The molecule has 18 heavy (non-hydrogen) atoms. The number of hydrogen-bond donors (Lipinski definition) is 2. The molecule has 0 aromatic carbocycles. The number of ether oxygens (including phenoxy) is 2. The summed E-state index contributed by atoms with van der Waals surface area (Å²) in [6.07, 6.45) is -4.50. The number of alkyl halides is 3. The molecular weight excluding hydrogens is 281 g/mol. The van der Waals surface area contributed by atoms with Crippen molar-refractivity contribution >= 4 is 10.0 Å². The van der Waals surface area contributed by atoms with Crippen LogP contribution in [0.15, 0.2) is 15.9 Å². The number of H-pyrrole nitrogens is 1. The van der Waals surface area contributed by atoms with Crippen molar-refractivity contribution in [1.29, 1.82) is 0 Å². The number of aromatic amines is 1. The third-order valence-electron chi connectivity index (χ3n) is 1.69. The third-order valence-corrected chi connectivity index (χ3v) is 2.65. The first kappa shape index (κ1) is 14.3. The quantitative estimate of drug-likeness (QED) is 0.808. The Morgan fingerprint density at radius 2 is 1.94 bits per heavy atom. The van der Waals surface area contributed by atoms with Gasteiger partial charge < -0.3 is 14.5 Å². The van der Waals surface area contributed by atoms with E-state index in [0.29, 0.717) is 0 Å². The molecule has 1 aromatic heterocycles. The largest absolute Gasteiger partial charge is 0.573 e. The van der Waals surface area contributed by atoms with E-state index in [1.807, 2.05) is 4.98 Å². The Kier molecular flexibility index (Phi) is 3.57. The number of methoxy groups -OCH3 is 1. The van der Waals surface area contributed by atoms with Crippen molar-refractivity contribution in [2.24, 2.45) is 5.14 Å². The number of hydrogen-bond acceptors (Lipinski definition) is 5. The first-order chi connectivity index (χ1) is 8.06. The second kappa shape index (κ2) is 4.49. The number of sulfonamides is 1. The van der Waals surface area contributed by atoms with Gasteiger partial charge in [-0.05, 0) is 0 Å². The summed E-state index contributed by atoms with van der Waals surface area (Å²) in [5.74, 6) is -2.07. The van der Waals surface area contributed by atoms with E-state index in [0.717, 1.165) is 13.3 Å². The second-order valence-corrected chi connectivity index (χ2v) is 4.44. The van der Waals surface area contributed by atoms with Crippen LogP contribution in [-0.4, -0.2) is 26.9 Å². The van der Waals surface area contributed by atoms with Crippen molar-refractivity contribution in [3.63, 3.8) is 0 Å². The molecule has 0 saturated carbocycles. The van der Waals surface area contributed by atoms with Crippen molar-refractivity contribution in [3.8, 4) is 11.5 Å². The van der Waals surface area contributed by atoms with Gasteiger partial charge in [-0.1, -0.05) is 0 Å². The summed E-state index contributed by atoms with van der Waals surface area (Å²) >= 11 is 0. The average molecular weight is 288 g/mol. The number of halogens is 3. The minimum atomic E-state index is -5.25. The van der Waals surface area contributed by atoms with Crippen LogP contribution in [0.5, 0.6) is 11.5 Å². The number of pyridine rings is 1. The first-order valence-electron chi connectivity index (χ1n) is 4.14. The lowest BCUT2D eigenvalue weighted by Gasteiger charge is -2.13. The van der Waals surface area contributed by atoms with Crippen LogP contribution in [-0.2, 0) is 10.0 Å². The van der Waals surface area contributed by atoms with Crippen molar-refractivity contribution in [3.05, 3.63) is 16.6 Å². The Bertz CT molecular complexity index is 606. The van der Waals surface area contributed by atoms with Gasteiger partial charge in [-0.2, -0.15) is 0 Å². The van der Waals surface area contributed by atoms with E-state index >= 15 is 0 Å². The van der Waals surface area contributed by atoms with Crippen molar-refractivity contribution in [2.75, 3.05) is 7.11 Å². The van der Waals surface area contributed by atoms with Crippen LogP contribution in [0.25, 0.3) is 0 Å². The summed E-state index contributed by atoms with van der Waals surface area (Å²) in [6, 6.07) is 0. The summed E-state index contributed by atoms with van der Waals surface area (Å²) < 4.78 is 66.4. The van der Waals surface area contributed by atoms with Crippen molar-refractivity contribution in [1.82, 2.24) is 4.98 Å². The van der Waals surface area contributed by atoms with E-state index < -0.39 is 38.3 Å². The van der Waals surface area contributed by atoms with E-state index in [-0.39, 0.29) is 0 Å². The van der Waals surface area contributed by atoms with Gasteiger partial charge in [-0.3, -0.25) is 4.79 Å². The Morgan fingerprint density at radius 3 is 2.33 bits per heavy atom. The molecule has 0 aliphatic carbocycles. The molecule has 1 heterocycles. The Balaban J connectivity index is 3.63. The van der Waals surface area contributed by atoms with Crippen LogP contribution in [0.3, 0.4) is 0 Å². The molecule has 0 fully saturated rings. The van der Waals surface area contributed by atoms with Gasteiger partial charge in [-0.15, -0.1) is 13.2 Å². The highest BCUT2D eigenvalue weighted by Crippen LogP contribution is 2.31. The highest BCUT2D eigenvalue weighted by atomic mass is 32.2. The number of aromatic nitrogens is 1. The molecule has 7 nitrogen and oxygen atoms in total. The van der Waals surface area contributed by atoms with E-state index in [9.17, 15) is 26.4 Å². The van der Waals surface area contributed by atoms with E-state index in [1.54, 1.807) is 0 Å². The summed E-state index contributed by atoms with van der Waals surface area (Å²) in [4.78, 5) is 11.8. The minimum Gasteiger partial charge on any atom is -0.494 e. The van der Waals surface area contributed by atoms with Gasteiger partial charge in [0.1, 0.15) is 0 Å². The molecule has 0 atom stereocenters. The van der Waals surface area contributed by atoms with Crippen LogP contribution < -0.4 is 20.2 Å². The molecule has 0 radical (unpaired) electrons. The molecule has 0 aliphatic rings. The lowest BCUT2D eigenvalue weighted by Crippen LogP contribution is -2.27. The summed E-state index contributed by atoms with van der Waals surface area (Å²) in [5, 5.41) is 4.71. The molecule has 0 bridgehead atoms. The third kappa shape index (κ3) is 3.13. The van der Waals surface area contributed by atoms with Crippen molar-refractivity contribution in [2.45, 2.75) is 11.3 Å². The van der Waals surface area contributed by atoms with Crippen LogP contribution in [0.4, 0.5) is 13.2 Å². The van der Waals surface area contributed by atoms with Gasteiger partial charge in [0.05, 0.1) is 7.11 Å². The van der Waals surface area contributed by atoms with Gasteiger partial charge in [-0.25, -0.2) is 13.6 Å². The maximum atomic E-state index is 12.1. The van der Waals surface area contributed by atoms with Crippen molar-refractivity contribution < 1.29 is 31.1 Å². The normalized spacial score (nSPS) is 12.3. The number of primary sulfonamides is 1. The van der Waals surface area contributed by atoms with Crippen LogP contribution >= 0.6 is 0 Å². The highest BCUT2D eigenvalue weighted by molar-refractivity contribution is 7.89. The number of nitrogens with one attached hydrogen (secondary N) is 1. The van der Waals surface area contributed by atoms with Gasteiger partial charge in [0.15, 0.2) is 10.6 Å². The van der Waals surface area contributed by atoms with Gasteiger partial charge in [0.25, 0.3) is 5.56 Å². The summed E-state index contributed by atoms with van der Waals surface area (Å²) in [5.41, 5.74) is -1.41. The summed E-state index contributed by atoms with van der Waals surface area (Å²) in [6.45, 7) is 0. The van der Waals surface area contributed by atoms with E-state index in [4.69, 9.17) is 5.14 Å². The number of nitrogens with two attached hydrogens (primary N) is 1. The smallest absolute Gasteiger partial charge is 0.494 e. The zero-order valence-corrected chi connectivity index (χ0v) is 9.55. The maximum absolute atomic E-state index is 12.1. The SMILES string of the molecule is COc1c[nH]c(=O)c(OC(F)(F)F)c1S(N)(=O)=O. The molecule has 1 aromatic rings. The van der Waals surface area contributed by atoms with Gasteiger partial charge >= 0.3 is 6.36 Å². The molecule has 3 N–H and O–H groups in total. The fourth-order valence-electron chi connectivity index (χ4n) is 1.11. The van der Waals surface area contributed by atoms with Crippen LogP contribution in [0.2, 0.25) is 0 Å². The fourth-order valence-corrected chi connectivity index (χ4v) is 1.92. The predicted octanol–water partition coefficient (Wildman–Crippen LogP) is -0.0705. The Morgan fingerprint density at radius 1 is 1.39 bits per heavy atom. The maximum Gasteiger partial charge on any atom is 0.573 e. The second-order valence-electron chi connectivity index (χ2n) is 2.94. The Hall–Kier alpha value is -1.75. The lowest BCUT2D eigenvalue weighted by atomic mass is 10.4.